The van der Waals surface area contributed by atoms with Gasteiger partial charge in [-0.15, -0.1) is 0 Å². The van der Waals surface area contributed by atoms with Crippen molar-refractivity contribution in [2.24, 2.45) is 0 Å². The number of phenolic OH excluding ortho intramolecular Hbond substituents is 2. The number of rotatable bonds is 6. The molecule has 2 rings (SSSR count). The third kappa shape index (κ3) is 3.21. The topological polar surface area (TPSA) is 77.4 Å². The van der Waals surface area contributed by atoms with E-state index in [0.717, 1.165) is 11.1 Å². The van der Waals surface area contributed by atoms with Crippen LogP contribution in [0, 0.1) is 0 Å². The predicted octanol–water partition coefficient (Wildman–Crippen LogP) is 2.72. The molecule has 0 heterocycles. The highest BCUT2D eigenvalue weighted by atomic mass is 16.5. The fourth-order valence-electron chi connectivity index (χ4n) is 2.40. The maximum atomic E-state index is 10.2. The second-order valence-corrected chi connectivity index (χ2v) is 4.83. The molecule has 0 aromatic heterocycles. The number of ether oxygens (including phenoxy) is 4. The Morgan fingerprint density at radius 1 is 0.739 bits per heavy atom. The Balaban J connectivity index is 2.45. The zero-order chi connectivity index (χ0) is 17.0. The summed E-state index contributed by atoms with van der Waals surface area (Å²) in [4.78, 5) is 0. The van der Waals surface area contributed by atoms with Gasteiger partial charge in [0.05, 0.1) is 28.4 Å². The molecule has 2 aromatic carbocycles. The summed E-state index contributed by atoms with van der Waals surface area (Å²) in [6.07, 6.45) is 0.452. The van der Waals surface area contributed by atoms with Gasteiger partial charge in [-0.3, -0.25) is 0 Å². The summed E-state index contributed by atoms with van der Waals surface area (Å²) in [6, 6.07) is 6.89. The standard InChI is InChI=1S/C17H20O6/c1-20-12-6-5-11(17(23-4)16(12)19)7-10-8-13(21-2)15(18)14(9-10)22-3/h5-6,8-9,18-19H,7H2,1-4H3. The van der Waals surface area contributed by atoms with Gasteiger partial charge in [0, 0.05) is 12.0 Å². The third-order valence-corrected chi connectivity index (χ3v) is 3.53. The van der Waals surface area contributed by atoms with Gasteiger partial charge < -0.3 is 29.2 Å². The first-order chi connectivity index (χ1) is 11.0. The molecule has 6 heteroatoms. The third-order valence-electron chi connectivity index (χ3n) is 3.53. The van der Waals surface area contributed by atoms with E-state index < -0.39 is 0 Å². The zero-order valence-corrected chi connectivity index (χ0v) is 13.5. The lowest BCUT2D eigenvalue weighted by molar-refractivity contribution is 0.336. The van der Waals surface area contributed by atoms with Crippen molar-refractivity contribution in [1.29, 1.82) is 0 Å². The van der Waals surface area contributed by atoms with Crippen LogP contribution >= 0.6 is 0 Å². The Kier molecular flexibility index (Phi) is 5.05. The molecule has 0 unspecified atom stereocenters. The first-order valence-corrected chi connectivity index (χ1v) is 6.92. The van der Waals surface area contributed by atoms with E-state index in [2.05, 4.69) is 0 Å². The van der Waals surface area contributed by atoms with Gasteiger partial charge >= 0.3 is 0 Å². The Bertz CT molecular complexity index is 671. The van der Waals surface area contributed by atoms with Crippen LogP contribution in [0.4, 0.5) is 0 Å². The van der Waals surface area contributed by atoms with Crippen LogP contribution in [0.25, 0.3) is 0 Å². The molecule has 0 atom stereocenters. The summed E-state index contributed by atoms with van der Waals surface area (Å²) in [7, 11) is 5.90. The molecular formula is C17H20O6. The number of hydrogen-bond donors (Lipinski definition) is 2. The molecule has 0 spiro atoms. The largest absolute Gasteiger partial charge is 0.502 e. The van der Waals surface area contributed by atoms with Gasteiger partial charge in [0.2, 0.25) is 11.5 Å². The normalized spacial score (nSPS) is 10.3. The van der Waals surface area contributed by atoms with Crippen molar-refractivity contribution in [3.05, 3.63) is 35.4 Å². The van der Waals surface area contributed by atoms with Gasteiger partial charge in [-0.05, 0) is 23.8 Å². The van der Waals surface area contributed by atoms with E-state index in [1.54, 1.807) is 18.2 Å². The average molecular weight is 320 g/mol. The van der Waals surface area contributed by atoms with Crippen LogP contribution in [0.2, 0.25) is 0 Å². The van der Waals surface area contributed by atoms with Gasteiger partial charge in [0.15, 0.2) is 23.0 Å². The van der Waals surface area contributed by atoms with E-state index in [0.29, 0.717) is 29.4 Å². The van der Waals surface area contributed by atoms with Crippen molar-refractivity contribution in [1.82, 2.24) is 0 Å². The molecule has 2 N–H and O–H groups in total. The number of aromatic hydroxyl groups is 2. The number of methoxy groups -OCH3 is 4. The molecule has 0 aliphatic carbocycles. The van der Waals surface area contributed by atoms with Crippen molar-refractivity contribution in [2.45, 2.75) is 6.42 Å². The van der Waals surface area contributed by atoms with Crippen molar-refractivity contribution >= 4 is 0 Å². The minimum Gasteiger partial charge on any atom is -0.502 e. The van der Waals surface area contributed by atoms with Crippen LogP contribution in [-0.2, 0) is 6.42 Å². The number of hydrogen-bond acceptors (Lipinski definition) is 6. The highest BCUT2D eigenvalue weighted by Gasteiger charge is 2.16. The molecule has 23 heavy (non-hydrogen) atoms. The second kappa shape index (κ2) is 7.00. The first kappa shape index (κ1) is 16.6. The van der Waals surface area contributed by atoms with Crippen LogP contribution in [-0.4, -0.2) is 38.7 Å². The summed E-state index contributed by atoms with van der Waals surface area (Å²) < 4.78 is 20.7. The quantitative estimate of drug-likeness (QED) is 0.852. The average Bonchev–Trinajstić information content (AvgIpc) is 2.56. The number of benzene rings is 2. The van der Waals surface area contributed by atoms with Crippen LogP contribution in [0.15, 0.2) is 24.3 Å². The van der Waals surface area contributed by atoms with Crippen LogP contribution < -0.4 is 18.9 Å². The Hall–Kier alpha value is -2.76. The highest BCUT2D eigenvalue weighted by Crippen LogP contribution is 2.41. The SMILES string of the molecule is COc1cc(Cc2ccc(OC)c(O)c2OC)cc(OC)c1O. The Labute approximate surface area is 134 Å². The molecule has 0 radical (unpaired) electrons. The number of phenols is 2. The second-order valence-electron chi connectivity index (χ2n) is 4.83. The lowest BCUT2D eigenvalue weighted by Crippen LogP contribution is -1.98. The van der Waals surface area contributed by atoms with Crippen molar-refractivity contribution < 1.29 is 29.2 Å². The molecule has 6 nitrogen and oxygen atoms in total. The van der Waals surface area contributed by atoms with Gasteiger partial charge in [-0.1, -0.05) is 6.07 Å². The molecule has 0 bridgehead atoms. The smallest absolute Gasteiger partial charge is 0.201 e. The van der Waals surface area contributed by atoms with Gasteiger partial charge in [-0.2, -0.15) is 0 Å². The van der Waals surface area contributed by atoms with E-state index >= 15 is 0 Å². The lowest BCUT2D eigenvalue weighted by Gasteiger charge is -2.15. The molecular weight excluding hydrogens is 300 g/mol. The van der Waals surface area contributed by atoms with Crippen molar-refractivity contribution in [2.75, 3.05) is 28.4 Å². The lowest BCUT2D eigenvalue weighted by atomic mass is 10.0. The van der Waals surface area contributed by atoms with Gasteiger partial charge in [-0.25, -0.2) is 0 Å². The summed E-state index contributed by atoms with van der Waals surface area (Å²) >= 11 is 0. The summed E-state index contributed by atoms with van der Waals surface area (Å²) in [6.45, 7) is 0. The molecule has 2 aromatic rings. The van der Waals surface area contributed by atoms with E-state index in [4.69, 9.17) is 18.9 Å². The zero-order valence-electron chi connectivity index (χ0n) is 13.5. The molecule has 0 saturated carbocycles. The van der Waals surface area contributed by atoms with E-state index in [9.17, 15) is 10.2 Å². The van der Waals surface area contributed by atoms with Gasteiger partial charge in [0.25, 0.3) is 0 Å². The maximum Gasteiger partial charge on any atom is 0.201 e. The predicted molar refractivity (Wildman–Crippen MR) is 85.2 cm³/mol. The monoisotopic (exact) mass is 320 g/mol. The molecule has 0 amide bonds. The van der Waals surface area contributed by atoms with Crippen molar-refractivity contribution in [3.8, 4) is 34.5 Å². The maximum absolute atomic E-state index is 10.2. The minimum absolute atomic E-state index is 0.0507. The van der Waals surface area contributed by atoms with Crippen LogP contribution in [0.1, 0.15) is 11.1 Å². The van der Waals surface area contributed by atoms with Crippen LogP contribution in [0.5, 0.6) is 34.5 Å². The molecule has 0 aliphatic heterocycles. The van der Waals surface area contributed by atoms with Crippen LogP contribution in [0.3, 0.4) is 0 Å². The fraction of sp³-hybridized carbons (Fsp3) is 0.294. The fourth-order valence-corrected chi connectivity index (χ4v) is 2.40. The van der Waals surface area contributed by atoms with E-state index in [-0.39, 0.29) is 11.5 Å². The van der Waals surface area contributed by atoms with Crippen molar-refractivity contribution in [3.63, 3.8) is 0 Å². The molecule has 0 saturated heterocycles. The van der Waals surface area contributed by atoms with E-state index in [1.807, 2.05) is 6.07 Å². The Morgan fingerprint density at radius 3 is 1.78 bits per heavy atom. The van der Waals surface area contributed by atoms with E-state index in [1.165, 1.54) is 28.4 Å². The minimum atomic E-state index is -0.0525. The summed E-state index contributed by atoms with van der Waals surface area (Å²) in [5.41, 5.74) is 1.60. The molecule has 0 aliphatic rings. The van der Waals surface area contributed by atoms with Gasteiger partial charge in [0.1, 0.15) is 0 Å². The summed E-state index contributed by atoms with van der Waals surface area (Å²) in [5, 5.41) is 20.1. The highest BCUT2D eigenvalue weighted by molar-refractivity contribution is 5.58. The first-order valence-electron chi connectivity index (χ1n) is 6.92. The molecule has 0 fully saturated rings. The summed E-state index contributed by atoms with van der Waals surface area (Å²) in [5.74, 6) is 1.21. The Morgan fingerprint density at radius 2 is 1.30 bits per heavy atom. The molecule has 124 valence electrons.